The first kappa shape index (κ1) is 23.1. The number of hydrogen-bond donors (Lipinski definition) is 2. The van der Waals surface area contributed by atoms with E-state index in [0.29, 0.717) is 6.54 Å². The standard InChI is InChI=1S/C24H32N6O2/c1-18-28-29-23(30(18)2)17-27-24(25-15-13-19-9-11-21(31-3)12-10-19)26-16-14-20-7-5-6-8-22(20)32-4/h5-12H,13-17H2,1-4H3,(H2,25,26,27). The summed E-state index contributed by atoms with van der Waals surface area (Å²) in [4.78, 5) is 4.72. The summed E-state index contributed by atoms with van der Waals surface area (Å²) in [5.74, 6) is 4.20. The topological polar surface area (TPSA) is 85.6 Å². The van der Waals surface area contributed by atoms with Gasteiger partial charge in [-0.2, -0.15) is 0 Å². The average molecular weight is 437 g/mol. The van der Waals surface area contributed by atoms with E-state index in [2.05, 4.69) is 39.0 Å². The molecule has 1 heterocycles. The normalized spacial score (nSPS) is 11.3. The van der Waals surface area contributed by atoms with Crippen molar-refractivity contribution >= 4 is 5.96 Å². The summed E-state index contributed by atoms with van der Waals surface area (Å²) in [6.07, 6.45) is 1.70. The summed E-state index contributed by atoms with van der Waals surface area (Å²) in [6.45, 7) is 3.86. The van der Waals surface area contributed by atoms with Gasteiger partial charge in [-0.25, -0.2) is 4.99 Å². The lowest BCUT2D eigenvalue weighted by Crippen LogP contribution is -2.39. The summed E-state index contributed by atoms with van der Waals surface area (Å²) in [5.41, 5.74) is 2.39. The van der Waals surface area contributed by atoms with Crippen LogP contribution in [0.4, 0.5) is 0 Å². The molecule has 0 radical (unpaired) electrons. The summed E-state index contributed by atoms with van der Waals surface area (Å²) in [7, 11) is 5.32. The molecule has 0 aliphatic carbocycles. The van der Waals surface area contributed by atoms with E-state index in [-0.39, 0.29) is 0 Å². The van der Waals surface area contributed by atoms with E-state index in [1.165, 1.54) is 5.56 Å². The van der Waals surface area contributed by atoms with Crippen molar-refractivity contribution in [3.63, 3.8) is 0 Å². The molecule has 0 aliphatic rings. The number of aryl methyl sites for hydroxylation is 1. The van der Waals surface area contributed by atoms with E-state index in [9.17, 15) is 0 Å². The number of rotatable bonds is 10. The molecular weight excluding hydrogens is 404 g/mol. The van der Waals surface area contributed by atoms with Gasteiger partial charge in [-0.3, -0.25) is 0 Å². The summed E-state index contributed by atoms with van der Waals surface area (Å²) in [6, 6.07) is 16.2. The van der Waals surface area contributed by atoms with Crippen molar-refractivity contribution < 1.29 is 9.47 Å². The Morgan fingerprint density at radius 2 is 1.66 bits per heavy atom. The summed E-state index contributed by atoms with van der Waals surface area (Å²) >= 11 is 0. The molecule has 170 valence electrons. The highest BCUT2D eigenvalue weighted by atomic mass is 16.5. The number of hydrogen-bond acceptors (Lipinski definition) is 5. The lowest BCUT2D eigenvalue weighted by Gasteiger charge is -2.14. The quantitative estimate of drug-likeness (QED) is 0.375. The van der Waals surface area contributed by atoms with Gasteiger partial charge in [0.15, 0.2) is 11.8 Å². The Kier molecular flexibility index (Phi) is 8.48. The SMILES string of the molecule is COc1ccc(CCNC(=NCc2nnc(C)n2C)NCCc2ccccc2OC)cc1. The van der Waals surface area contributed by atoms with E-state index in [4.69, 9.17) is 14.5 Å². The molecule has 8 heteroatoms. The fraction of sp³-hybridized carbons (Fsp3) is 0.375. The van der Waals surface area contributed by atoms with Gasteiger partial charge in [0.2, 0.25) is 0 Å². The molecule has 1 aromatic heterocycles. The van der Waals surface area contributed by atoms with Crippen molar-refractivity contribution in [1.82, 2.24) is 25.4 Å². The van der Waals surface area contributed by atoms with Gasteiger partial charge in [-0.1, -0.05) is 30.3 Å². The average Bonchev–Trinajstić information content (AvgIpc) is 3.15. The summed E-state index contributed by atoms with van der Waals surface area (Å²) < 4.78 is 12.6. The predicted octanol–water partition coefficient (Wildman–Crippen LogP) is 2.66. The van der Waals surface area contributed by atoms with E-state index in [1.807, 2.05) is 48.9 Å². The lowest BCUT2D eigenvalue weighted by atomic mass is 10.1. The maximum absolute atomic E-state index is 5.45. The third-order valence-electron chi connectivity index (χ3n) is 5.31. The molecule has 0 saturated carbocycles. The predicted molar refractivity (Wildman–Crippen MR) is 126 cm³/mol. The molecule has 0 fully saturated rings. The monoisotopic (exact) mass is 436 g/mol. The van der Waals surface area contributed by atoms with Crippen molar-refractivity contribution in [2.75, 3.05) is 27.3 Å². The molecule has 2 aromatic carbocycles. The Bertz CT molecular complexity index is 1010. The molecule has 3 rings (SSSR count). The van der Waals surface area contributed by atoms with Gasteiger partial charge >= 0.3 is 0 Å². The van der Waals surface area contributed by atoms with Crippen molar-refractivity contribution in [3.8, 4) is 11.5 Å². The number of para-hydroxylation sites is 1. The fourth-order valence-electron chi connectivity index (χ4n) is 3.26. The number of nitrogens with one attached hydrogen (secondary N) is 2. The molecule has 2 N–H and O–H groups in total. The van der Waals surface area contributed by atoms with Gasteiger partial charge in [0, 0.05) is 20.1 Å². The minimum atomic E-state index is 0.448. The molecule has 3 aromatic rings. The molecule has 8 nitrogen and oxygen atoms in total. The highest BCUT2D eigenvalue weighted by molar-refractivity contribution is 5.79. The van der Waals surface area contributed by atoms with Gasteiger partial charge < -0.3 is 24.7 Å². The van der Waals surface area contributed by atoms with Crippen molar-refractivity contribution in [3.05, 3.63) is 71.3 Å². The zero-order valence-electron chi connectivity index (χ0n) is 19.3. The van der Waals surface area contributed by atoms with Crippen molar-refractivity contribution in [2.45, 2.75) is 26.3 Å². The second-order valence-corrected chi connectivity index (χ2v) is 7.40. The number of benzene rings is 2. The Morgan fingerprint density at radius 3 is 2.31 bits per heavy atom. The maximum atomic E-state index is 5.45. The molecule has 0 bridgehead atoms. The van der Waals surface area contributed by atoms with Crippen LogP contribution in [0.2, 0.25) is 0 Å². The highest BCUT2D eigenvalue weighted by Crippen LogP contribution is 2.17. The van der Waals surface area contributed by atoms with Crippen molar-refractivity contribution in [2.24, 2.45) is 12.0 Å². The van der Waals surface area contributed by atoms with E-state index >= 15 is 0 Å². The second kappa shape index (κ2) is 11.7. The molecule has 0 saturated heterocycles. The van der Waals surface area contributed by atoms with E-state index < -0.39 is 0 Å². The fourth-order valence-corrected chi connectivity index (χ4v) is 3.26. The third-order valence-corrected chi connectivity index (χ3v) is 5.31. The lowest BCUT2D eigenvalue weighted by molar-refractivity contribution is 0.409. The van der Waals surface area contributed by atoms with Gasteiger partial charge in [0.1, 0.15) is 23.9 Å². The van der Waals surface area contributed by atoms with Crippen LogP contribution in [0.15, 0.2) is 53.5 Å². The number of aliphatic imine (C=N–C) groups is 1. The smallest absolute Gasteiger partial charge is 0.191 e. The Labute approximate surface area is 189 Å². The molecule has 32 heavy (non-hydrogen) atoms. The molecule has 0 aliphatic heterocycles. The minimum Gasteiger partial charge on any atom is -0.497 e. The number of methoxy groups -OCH3 is 2. The van der Waals surface area contributed by atoms with Crippen LogP contribution in [0.3, 0.4) is 0 Å². The van der Waals surface area contributed by atoms with Crippen LogP contribution in [0.25, 0.3) is 0 Å². The highest BCUT2D eigenvalue weighted by Gasteiger charge is 2.07. The summed E-state index contributed by atoms with van der Waals surface area (Å²) in [5, 5.41) is 15.2. The second-order valence-electron chi connectivity index (χ2n) is 7.40. The Morgan fingerprint density at radius 1 is 0.938 bits per heavy atom. The minimum absolute atomic E-state index is 0.448. The van der Waals surface area contributed by atoms with Gasteiger partial charge in [-0.15, -0.1) is 10.2 Å². The van der Waals surface area contributed by atoms with Crippen LogP contribution in [-0.2, 0) is 26.4 Å². The largest absolute Gasteiger partial charge is 0.497 e. The van der Waals surface area contributed by atoms with E-state index in [1.54, 1.807) is 14.2 Å². The van der Waals surface area contributed by atoms with E-state index in [0.717, 1.165) is 60.6 Å². The number of aromatic nitrogens is 3. The van der Waals surface area contributed by atoms with Crippen LogP contribution in [0.5, 0.6) is 11.5 Å². The van der Waals surface area contributed by atoms with Crippen LogP contribution in [-0.4, -0.2) is 48.0 Å². The number of nitrogens with zero attached hydrogens (tertiary/aromatic N) is 4. The van der Waals surface area contributed by atoms with Crippen LogP contribution in [0.1, 0.15) is 22.8 Å². The van der Waals surface area contributed by atoms with Crippen molar-refractivity contribution in [1.29, 1.82) is 0 Å². The number of ether oxygens (including phenoxy) is 2. The first-order valence-corrected chi connectivity index (χ1v) is 10.7. The van der Waals surface area contributed by atoms with Crippen LogP contribution < -0.4 is 20.1 Å². The molecule has 0 spiro atoms. The zero-order valence-corrected chi connectivity index (χ0v) is 19.3. The molecule has 0 amide bonds. The van der Waals surface area contributed by atoms with Gasteiger partial charge in [0.05, 0.1) is 14.2 Å². The van der Waals surface area contributed by atoms with Crippen LogP contribution >= 0.6 is 0 Å². The maximum Gasteiger partial charge on any atom is 0.191 e. The molecular formula is C24H32N6O2. The first-order valence-electron chi connectivity index (χ1n) is 10.7. The van der Waals surface area contributed by atoms with Gasteiger partial charge in [-0.05, 0) is 49.1 Å². The Hall–Kier alpha value is -3.55. The van der Waals surface area contributed by atoms with Gasteiger partial charge in [0.25, 0.3) is 0 Å². The third kappa shape index (κ3) is 6.47. The number of guanidine groups is 1. The molecule has 0 unspecified atom stereocenters. The first-order chi connectivity index (χ1) is 15.6. The molecule has 0 atom stereocenters. The Balaban J connectivity index is 1.60. The zero-order chi connectivity index (χ0) is 22.8. The van der Waals surface area contributed by atoms with Crippen LogP contribution in [0, 0.1) is 6.92 Å².